The molecule has 2 rings (SSSR count). The molecule has 90 valence electrons. The number of rotatable bonds is 5. The molecule has 1 aromatic carbocycles. The molecule has 1 heterocycles. The van der Waals surface area contributed by atoms with Gasteiger partial charge in [0.2, 0.25) is 0 Å². The zero-order valence-corrected chi connectivity index (χ0v) is 12.4. The van der Waals surface area contributed by atoms with E-state index in [0.717, 1.165) is 5.33 Å². The number of thiophene rings is 1. The minimum Gasteiger partial charge on any atom is -0.152 e. The van der Waals surface area contributed by atoms with E-state index >= 15 is 0 Å². The molecule has 1 unspecified atom stereocenters. The molecule has 2 heteroatoms. The van der Waals surface area contributed by atoms with Crippen LogP contribution in [0.2, 0.25) is 0 Å². The van der Waals surface area contributed by atoms with Crippen molar-refractivity contribution < 1.29 is 0 Å². The largest absolute Gasteiger partial charge is 0.152 e. The first-order chi connectivity index (χ1) is 8.29. The topological polar surface area (TPSA) is 0 Å². The third kappa shape index (κ3) is 3.68. The molecule has 0 fully saturated rings. The van der Waals surface area contributed by atoms with Gasteiger partial charge in [-0.3, -0.25) is 0 Å². The molecule has 0 bridgehead atoms. The summed E-state index contributed by atoms with van der Waals surface area (Å²) in [5.41, 5.74) is 4.25. The number of benzene rings is 1. The first-order valence-corrected chi connectivity index (χ1v) is 7.99. The van der Waals surface area contributed by atoms with Crippen molar-refractivity contribution in [3.8, 4) is 0 Å². The van der Waals surface area contributed by atoms with Crippen molar-refractivity contribution in [3.63, 3.8) is 0 Å². The third-order valence-corrected chi connectivity index (χ3v) is 4.61. The van der Waals surface area contributed by atoms with E-state index in [9.17, 15) is 0 Å². The quantitative estimate of drug-likeness (QED) is 0.669. The Morgan fingerprint density at radius 1 is 1.18 bits per heavy atom. The molecule has 0 N–H and O–H groups in total. The molecule has 0 amide bonds. The van der Waals surface area contributed by atoms with Crippen molar-refractivity contribution in [1.29, 1.82) is 0 Å². The number of aryl methyl sites for hydroxylation is 2. The molecule has 1 atom stereocenters. The van der Waals surface area contributed by atoms with Crippen molar-refractivity contribution in [2.75, 3.05) is 5.33 Å². The van der Waals surface area contributed by atoms with Crippen LogP contribution < -0.4 is 0 Å². The van der Waals surface area contributed by atoms with Gasteiger partial charge in [-0.05, 0) is 53.6 Å². The molecule has 0 saturated heterocycles. The van der Waals surface area contributed by atoms with E-state index < -0.39 is 0 Å². The number of hydrogen-bond donors (Lipinski definition) is 0. The fourth-order valence-corrected chi connectivity index (χ4v) is 3.35. The van der Waals surface area contributed by atoms with Gasteiger partial charge in [-0.2, -0.15) is 11.3 Å². The lowest BCUT2D eigenvalue weighted by Crippen LogP contribution is -2.02. The van der Waals surface area contributed by atoms with Crippen molar-refractivity contribution in [3.05, 3.63) is 57.8 Å². The van der Waals surface area contributed by atoms with Crippen LogP contribution in [0.4, 0.5) is 0 Å². The summed E-state index contributed by atoms with van der Waals surface area (Å²) in [5.74, 6) is 0.621. The van der Waals surface area contributed by atoms with Gasteiger partial charge in [-0.15, -0.1) is 0 Å². The maximum atomic E-state index is 3.64. The minimum absolute atomic E-state index is 0.621. The highest BCUT2D eigenvalue weighted by atomic mass is 79.9. The standard InChI is InChI=1S/C15H17BrS/c1-12-2-5-14(6-3-12)15(10-16)7-4-13-8-9-17-11-13/h2-3,5-6,8-9,11,15H,4,7,10H2,1H3. The molecular formula is C15H17BrS. The predicted molar refractivity (Wildman–Crippen MR) is 80.4 cm³/mol. The summed E-state index contributed by atoms with van der Waals surface area (Å²) in [6, 6.07) is 11.2. The Kier molecular flexibility index (Phi) is 4.81. The van der Waals surface area contributed by atoms with E-state index in [1.165, 1.54) is 29.5 Å². The van der Waals surface area contributed by atoms with Gasteiger partial charge >= 0.3 is 0 Å². The summed E-state index contributed by atoms with van der Waals surface area (Å²) in [6.07, 6.45) is 2.39. The maximum absolute atomic E-state index is 3.64. The van der Waals surface area contributed by atoms with Gasteiger partial charge in [0.15, 0.2) is 0 Å². The Balaban J connectivity index is 1.99. The van der Waals surface area contributed by atoms with E-state index in [1.54, 1.807) is 11.3 Å². The van der Waals surface area contributed by atoms with Gasteiger partial charge in [0, 0.05) is 5.33 Å². The van der Waals surface area contributed by atoms with Crippen LogP contribution in [0.5, 0.6) is 0 Å². The lowest BCUT2D eigenvalue weighted by molar-refractivity contribution is 0.693. The highest BCUT2D eigenvalue weighted by Crippen LogP contribution is 2.24. The van der Waals surface area contributed by atoms with E-state index in [1.807, 2.05) is 0 Å². The Labute approximate surface area is 116 Å². The summed E-state index contributed by atoms with van der Waals surface area (Å²) in [5, 5.41) is 5.45. The molecule has 0 nitrogen and oxygen atoms in total. The van der Waals surface area contributed by atoms with Crippen molar-refractivity contribution >= 4 is 27.3 Å². The van der Waals surface area contributed by atoms with Gasteiger partial charge < -0.3 is 0 Å². The maximum Gasteiger partial charge on any atom is 0.0100 e. The molecular weight excluding hydrogens is 292 g/mol. The first-order valence-electron chi connectivity index (χ1n) is 5.93. The fourth-order valence-electron chi connectivity index (χ4n) is 1.95. The summed E-state index contributed by atoms with van der Waals surface area (Å²) in [4.78, 5) is 0. The second-order valence-corrected chi connectivity index (χ2v) is 5.86. The highest BCUT2D eigenvalue weighted by Gasteiger charge is 2.10. The number of hydrogen-bond acceptors (Lipinski definition) is 1. The normalized spacial score (nSPS) is 12.6. The van der Waals surface area contributed by atoms with E-state index in [0.29, 0.717) is 5.92 Å². The highest BCUT2D eigenvalue weighted by molar-refractivity contribution is 9.09. The van der Waals surface area contributed by atoms with Gasteiger partial charge in [0.1, 0.15) is 0 Å². The monoisotopic (exact) mass is 308 g/mol. The molecule has 0 aliphatic carbocycles. The van der Waals surface area contributed by atoms with Crippen LogP contribution in [-0.2, 0) is 6.42 Å². The van der Waals surface area contributed by atoms with Gasteiger partial charge in [-0.25, -0.2) is 0 Å². The predicted octanol–water partition coefficient (Wildman–Crippen LogP) is 5.17. The molecule has 0 spiro atoms. The SMILES string of the molecule is Cc1ccc(C(CBr)CCc2ccsc2)cc1. The first kappa shape index (κ1) is 12.8. The minimum atomic E-state index is 0.621. The molecule has 0 saturated carbocycles. The molecule has 1 aromatic heterocycles. The van der Waals surface area contributed by atoms with E-state index in [2.05, 4.69) is 63.9 Å². The van der Waals surface area contributed by atoms with E-state index in [4.69, 9.17) is 0 Å². The summed E-state index contributed by atoms with van der Waals surface area (Å²) < 4.78 is 0. The lowest BCUT2D eigenvalue weighted by atomic mass is 9.94. The Hall–Kier alpha value is -0.600. The van der Waals surface area contributed by atoms with E-state index in [-0.39, 0.29) is 0 Å². The Morgan fingerprint density at radius 3 is 2.53 bits per heavy atom. The molecule has 0 aliphatic rings. The summed E-state index contributed by atoms with van der Waals surface area (Å²) in [6.45, 7) is 2.14. The smallest absolute Gasteiger partial charge is 0.0100 e. The van der Waals surface area contributed by atoms with Crippen molar-refractivity contribution in [1.82, 2.24) is 0 Å². The van der Waals surface area contributed by atoms with Crippen LogP contribution in [0, 0.1) is 6.92 Å². The van der Waals surface area contributed by atoms with Crippen LogP contribution in [-0.4, -0.2) is 5.33 Å². The van der Waals surface area contributed by atoms with Gasteiger partial charge in [-0.1, -0.05) is 45.8 Å². The van der Waals surface area contributed by atoms with Gasteiger partial charge in [0.05, 0.1) is 0 Å². The number of alkyl halides is 1. The molecule has 0 radical (unpaired) electrons. The third-order valence-electron chi connectivity index (χ3n) is 3.10. The second kappa shape index (κ2) is 6.36. The summed E-state index contributed by atoms with van der Waals surface area (Å²) in [7, 11) is 0. The fraction of sp³-hybridized carbons (Fsp3) is 0.333. The van der Waals surface area contributed by atoms with Crippen LogP contribution in [0.3, 0.4) is 0 Å². The molecule has 0 aliphatic heterocycles. The zero-order valence-electron chi connectivity index (χ0n) is 10.0. The average molecular weight is 309 g/mol. The van der Waals surface area contributed by atoms with Crippen LogP contribution in [0.25, 0.3) is 0 Å². The Bertz CT molecular complexity index is 430. The van der Waals surface area contributed by atoms with Crippen molar-refractivity contribution in [2.24, 2.45) is 0 Å². The Morgan fingerprint density at radius 2 is 1.94 bits per heavy atom. The number of halogens is 1. The van der Waals surface area contributed by atoms with Crippen molar-refractivity contribution in [2.45, 2.75) is 25.7 Å². The average Bonchev–Trinajstić information content (AvgIpc) is 2.85. The molecule has 2 aromatic rings. The molecule has 17 heavy (non-hydrogen) atoms. The lowest BCUT2D eigenvalue weighted by Gasteiger charge is -2.14. The van der Waals surface area contributed by atoms with Gasteiger partial charge in [0.25, 0.3) is 0 Å². The van der Waals surface area contributed by atoms with Crippen LogP contribution in [0.15, 0.2) is 41.1 Å². The second-order valence-electron chi connectivity index (χ2n) is 4.43. The summed E-state index contributed by atoms with van der Waals surface area (Å²) >= 11 is 5.42. The van der Waals surface area contributed by atoms with Crippen LogP contribution in [0.1, 0.15) is 29.0 Å². The van der Waals surface area contributed by atoms with Crippen LogP contribution >= 0.6 is 27.3 Å². The zero-order chi connectivity index (χ0) is 12.1.